The zero-order chi connectivity index (χ0) is 14.8. The maximum absolute atomic E-state index is 13.7. The summed E-state index contributed by atoms with van der Waals surface area (Å²) in [5.41, 5.74) is 1.05. The first-order valence-electron chi connectivity index (χ1n) is 5.99. The Morgan fingerprint density at radius 3 is 2.90 bits per heavy atom. The second-order valence-corrected chi connectivity index (χ2v) is 5.14. The number of nitro groups is 1. The van der Waals surface area contributed by atoms with Crippen molar-refractivity contribution >= 4 is 17.0 Å². The first kappa shape index (κ1) is 13.4. The molecule has 0 saturated carbocycles. The van der Waals surface area contributed by atoms with E-state index in [1.165, 1.54) is 34.5 Å². The first-order valence-corrected chi connectivity index (χ1v) is 6.87. The second kappa shape index (κ2) is 5.41. The van der Waals surface area contributed by atoms with Crippen LogP contribution in [0.5, 0.6) is 0 Å². The Morgan fingerprint density at radius 2 is 2.19 bits per heavy atom. The topological polar surface area (TPSA) is 73.8 Å². The predicted octanol–water partition coefficient (Wildman–Crippen LogP) is 3.10. The fraction of sp³-hybridized carbons (Fsp3) is 0.0769. The molecule has 21 heavy (non-hydrogen) atoms. The molecule has 8 heteroatoms. The average molecular weight is 304 g/mol. The van der Waals surface area contributed by atoms with E-state index in [2.05, 4.69) is 10.1 Å². The molecule has 0 aliphatic rings. The van der Waals surface area contributed by atoms with E-state index in [4.69, 9.17) is 0 Å². The lowest BCUT2D eigenvalue weighted by molar-refractivity contribution is -0.385. The third-order valence-corrected chi connectivity index (χ3v) is 3.73. The average Bonchev–Trinajstić information content (AvgIpc) is 3.09. The molecule has 3 rings (SSSR count). The van der Waals surface area contributed by atoms with Gasteiger partial charge in [-0.3, -0.25) is 14.8 Å². The Labute approximate surface area is 122 Å². The summed E-state index contributed by atoms with van der Waals surface area (Å²) >= 11 is 1.32. The summed E-state index contributed by atoms with van der Waals surface area (Å²) in [6.45, 7) is 0.304. The monoisotopic (exact) mass is 304 g/mol. The molecule has 2 aromatic heterocycles. The lowest BCUT2D eigenvalue weighted by atomic mass is 10.2. The van der Waals surface area contributed by atoms with Gasteiger partial charge in [0.1, 0.15) is 23.2 Å². The van der Waals surface area contributed by atoms with Crippen LogP contribution in [0.15, 0.2) is 42.0 Å². The largest absolute Gasteiger partial charge is 0.307 e. The van der Waals surface area contributed by atoms with Crippen LogP contribution in [0.4, 0.5) is 10.1 Å². The minimum Gasteiger partial charge on any atom is -0.260 e. The highest BCUT2D eigenvalue weighted by Crippen LogP contribution is 2.26. The third kappa shape index (κ3) is 2.79. The fourth-order valence-electron chi connectivity index (χ4n) is 1.84. The standard InChI is InChI=1S/C13H9FN4O2S/c14-12-4-2-1-3-11(12)13-16-9(8-21-13)6-17-7-10(5-15-17)18(19)20/h1-5,7-8H,6H2. The van der Waals surface area contributed by atoms with Gasteiger partial charge in [0.25, 0.3) is 0 Å². The highest BCUT2D eigenvalue weighted by atomic mass is 32.1. The Kier molecular flexibility index (Phi) is 3.44. The minimum absolute atomic E-state index is 0.0699. The Morgan fingerprint density at radius 1 is 1.38 bits per heavy atom. The SMILES string of the molecule is O=[N+]([O-])c1cnn(Cc2csc(-c3ccccc3F)n2)c1. The molecule has 0 unspecified atom stereocenters. The highest BCUT2D eigenvalue weighted by Gasteiger charge is 2.12. The van der Waals surface area contributed by atoms with Crippen LogP contribution in [0, 0.1) is 15.9 Å². The summed E-state index contributed by atoms with van der Waals surface area (Å²) in [6.07, 6.45) is 2.52. The minimum atomic E-state index is -0.505. The van der Waals surface area contributed by atoms with E-state index in [1.807, 2.05) is 0 Å². The summed E-state index contributed by atoms with van der Waals surface area (Å²) in [4.78, 5) is 14.4. The molecule has 2 heterocycles. The molecule has 0 aliphatic carbocycles. The molecule has 0 fully saturated rings. The van der Waals surface area contributed by atoms with Crippen LogP contribution in [0.25, 0.3) is 10.6 Å². The van der Waals surface area contributed by atoms with Crippen LogP contribution >= 0.6 is 11.3 Å². The number of thiazole rings is 1. The molecule has 0 N–H and O–H groups in total. The Bertz CT molecular complexity index is 799. The van der Waals surface area contributed by atoms with Gasteiger partial charge in [-0.2, -0.15) is 5.10 Å². The van der Waals surface area contributed by atoms with E-state index in [-0.39, 0.29) is 11.5 Å². The molecule has 106 valence electrons. The van der Waals surface area contributed by atoms with Crippen molar-refractivity contribution in [1.29, 1.82) is 0 Å². The predicted molar refractivity (Wildman–Crippen MR) is 75.5 cm³/mol. The molecule has 0 saturated heterocycles. The molecule has 0 bridgehead atoms. The molecule has 0 atom stereocenters. The van der Waals surface area contributed by atoms with Gasteiger partial charge in [0, 0.05) is 10.9 Å². The van der Waals surface area contributed by atoms with E-state index in [9.17, 15) is 14.5 Å². The first-order chi connectivity index (χ1) is 10.1. The van der Waals surface area contributed by atoms with Crippen LogP contribution in [0.2, 0.25) is 0 Å². The zero-order valence-electron chi connectivity index (χ0n) is 10.6. The summed E-state index contributed by atoms with van der Waals surface area (Å²) < 4.78 is 15.1. The molecule has 0 amide bonds. The van der Waals surface area contributed by atoms with E-state index in [0.29, 0.717) is 22.8 Å². The number of hydrogen-bond donors (Lipinski definition) is 0. The maximum Gasteiger partial charge on any atom is 0.307 e. The summed E-state index contributed by atoms with van der Waals surface area (Å²) in [5.74, 6) is -0.326. The maximum atomic E-state index is 13.7. The van der Waals surface area contributed by atoms with E-state index in [0.717, 1.165) is 0 Å². The van der Waals surface area contributed by atoms with Gasteiger partial charge in [0.15, 0.2) is 0 Å². The van der Waals surface area contributed by atoms with Crippen LogP contribution in [0.3, 0.4) is 0 Å². The van der Waals surface area contributed by atoms with Crippen molar-refractivity contribution in [2.45, 2.75) is 6.54 Å². The van der Waals surface area contributed by atoms with Gasteiger partial charge in [-0.15, -0.1) is 11.3 Å². The van der Waals surface area contributed by atoms with E-state index < -0.39 is 4.92 Å². The molecule has 3 aromatic rings. The molecular weight excluding hydrogens is 295 g/mol. The van der Waals surface area contributed by atoms with Crippen molar-refractivity contribution in [3.8, 4) is 10.6 Å². The number of aromatic nitrogens is 3. The Balaban J connectivity index is 1.82. The number of hydrogen-bond acceptors (Lipinski definition) is 5. The van der Waals surface area contributed by atoms with E-state index in [1.54, 1.807) is 23.6 Å². The van der Waals surface area contributed by atoms with Crippen LogP contribution in [-0.4, -0.2) is 19.7 Å². The molecule has 0 radical (unpaired) electrons. The van der Waals surface area contributed by atoms with Gasteiger partial charge in [0.05, 0.1) is 17.2 Å². The summed E-state index contributed by atoms with van der Waals surface area (Å²) in [6, 6.07) is 6.41. The van der Waals surface area contributed by atoms with Crippen molar-refractivity contribution in [3.63, 3.8) is 0 Å². The second-order valence-electron chi connectivity index (χ2n) is 4.28. The van der Waals surface area contributed by atoms with Gasteiger partial charge >= 0.3 is 5.69 Å². The Hall–Kier alpha value is -2.61. The fourth-order valence-corrected chi connectivity index (χ4v) is 2.67. The number of benzene rings is 1. The number of halogens is 1. The zero-order valence-corrected chi connectivity index (χ0v) is 11.5. The van der Waals surface area contributed by atoms with Crippen molar-refractivity contribution in [1.82, 2.24) is 14.8 Å². The van der Waals surface area contributed by atoms with Gasteiger partial charge < -0.3 is 0 Å². The van der Waals surface area contributed by atoms with E-state index >= 15 is 0 Å². The van der Waals surface area contributed by atoms with Crippen molar-refractivity contribution in [2.75, 3.05) is 0 Å². The highest BCUT2D eigenvalue weighted by molar-refractivity contribution is 7.13. The molecule has 6 nitrogen and oxygen atoms in total. The lowest BCUT2D eigenvalue weighted by Crippen LogP contribution is -2.00. The number of nitrogens with zero attached hydrogens (tertiary/aromatic N) is 4. The third-order valence-electron chi connectivity index (χ3n) is 2.81. The van der Waals surface area contributed by atoms with Crippen LogP contribution in [0.1, 0.15) is 5.69 Å². The summed E-state index contributed by atoms with van der Waals surface area (Å²) in [5, 5.41) is 16.8. The van der Waals surface area contributed by atoms with Crippen molar-refractivity contribution in [2.24, 2.45) is 0 Å². The number of rotatable bonds is 4. The lowest BCUT2D eigenvalue weighted by Gasteiger charge is -1.98. The van der Waals surface area contributed by atoms with Crippen LogP contribution < -0.4 is 0 Å². The smallest absolute Gasteiger partial charge is 0.260 e. The van der Waals surface area contributed by atoms with Crippen molar-refractivity contribution < 1.29 is 9.31 Å². The normalized spacial score (nSPS) is 10.7. The molecule has 0 aliphatic heterocycles. The summed E-state index contributed by atoms with van der Waals surface area (Å²) in [7, 11) is 0. The van der Waals surface area contributed by atoms with Gasteiger partial charge in [-0.1, -0.05) is 12.1 Å². The van der Waals surface area contributed by atoms with Gasteiger partial charge in [-0.25, -0.2) is 9.37 Å². The molecular formula is C13H9FN4O2S. The molecule has 0 spiro atoms. The van der Waals surface area contributed by atoms with Gasteiger partial charge in [0.2, 0.25) is 0 Å². The quantitative estimate of drug-likeness (QED) is 0.548. The van der Waals surface area contributed by atoms with Crippen molar-refractivity contribution in [3.05, 3.63) is 63.7 Å². The molecule has 1 aromatic carbocycles. The van der Waals surface area contributed by atoms with Gasteiger partial charge in [-0.05, 0) is 12.1 Å². The van der Waals surface area contributed by atoms with Crippen LogP contribution in [-0.2, 0) is 6.54 Å².